The van der Waals surface area contributed by atoms with E-state index in [2.05, 4.69) is 32.0 Å². The zero-order chi connectivity index (χ0) is 31.7. The van der Waals surface area contributed by atoms with Gasteiger partial charge in [-0.3, -0.25) is 14.7 Å². The summed E-state index contributed by atoms with van der Waals surface area (Å²) in [5.41, 5.74) is 3.58. The van der Waals surface area contributed by atoms with E-state index in [9.17, 15) is 14.0 Å². The number of fused-ring (bicyclic) bond motifs is 2. The van der Waals surface area contributed by atoms with E-state index < -0.39 is 17.7 Å². The maximum Gasteiger partial charge on any atom is 0.248 e. The Morgan fingerprint density at radius 2 is 2.07 bits per heavy atom. The summed E-state index contributed by atoms with van der Waals surface area (Å²) in [5, 5.41) is 13.0. The van der Waals surface area contributed by atoms with Crippen molar-refractivity contribution in [2.75, 3.05) is 31.8 Å². The third-order valence-corrected chi connectivity index (χ3v) is 8.60. The number of thiophene rings is 1. The highest BCUT2D eigenvalue weighted by Gasteiger charge is 2.29. The number of hydrogen-bond donors (Lipinski definition) is 3. The Balaban J connectivity index is 1.55. The molecule has 232 valence electrons. The average Bonchev–Trinajstić information content (AvgIpc) is 3.71. The summed E-state index contributed by atoms with van der Waals surface area (Å²) in [7, 11) is 1.51. The van der Waals surface area contributed by atoms with E-state index in [1.165, 1.54) is 24.5 Å². The van der Waals surface area contributed by atoms with Crippen molar-refractivity contribution in [1.29, 1.82) is 0 Å². The molecule has 0 aliphatic carbocycles. The molecular weight excluding hydrogens is 602 g/mol. The van der Waals surface area contributed by atoms with Crippen molar-refractivity contribution in [3.8, 4) is 28.3 Å². The van der Waals surface area contributed by atoms with Crippen LogP contribution in [-0.2, 0) is 22.5 Å². The van der Waals surface area contributed by atoms with Crippen LogP contribution >= 0.6 is 11.3 Å². The molecule has 1 atom stereocenters. The summed E-state index contributed by atoms with van der Waals surface area (Å²) in [4.78, 5) is 33.9. The zero-order valence-corrected chi connectivity index (χ0v) is 25.4. The molecular formula is C32H30F2N6O4S. The lowest BCUT2D eigenvalue weighted by Crippen LogP contribution is -2.32. The van der Waals surface area contributed by atoms with Crippen molar-refractivity contribution >= 4 is 33.1 Å². The van der Waals surface area contributed by atoms with Crippen molar-refractivity contribution in [1.82, 2.24) is 25.5 Å². The van der Waals surface area contributed by atoms with Gasteiger partial charge < -0.3 is 24.7 Å². The number of rotatable bonds is 10. The maximum absolute atomic E-state index is 15.9. The standard InChI is InChI=1S/C32H30F2N6O4S/c1-4-26(41)36-17(2)23-14-24(39-38-23)30-29(28-22(34)12-20(33)13-25(28)44-9-8-43-3)31-21(6-10-45-31)32(37-30)40-7-5-18-11-27(42)35-15-19(18)16-40/h4,6,10-15,17H,1,5,7-9,16H2,2-3H3,(H,35,42)(H,36,41)(H,38,39)/t17-/m1/s1. The number of anilines is 1. The van der Waals surface area contributed by atoms with Crippen LogP contribution in [0.3, 0.4) is 0 Å². The van der Waals surface area contributed by atoms with Crippen LogP contribution in [0, 0.1) is 11.6 Å². The van der Waals surface area contributed by atoms with E-state index >= 15 is 4.39 Å². The minimum Gasteiger partial charge on any atom is -0.490 e. The first-order valence-corrected chi connectivity index (χ1v) is 15.1. The molecule has 1 aliphatic heterocycles. The molecule has 3 N–H and O–H groups in total. The van der Waals surface area contributed by atoms with Gasteiger partial charge in [0, 0.05) is 60.2 Å². The SMILES string of the molecule is C=CC(=O)N[C@H](C)c1cc(-c2nc(N3CCc4cc(=O)[nH]cc4C3)c3ccsc3c2-c2c(F)cc(F)cc2OCCOC)n[nH]1. The van der Waals surface area contributed by atoms with Gasteiger partial charge in [0.25, 0.3) is 0 Å². The second kappa shape index (κ2) is 12.6. The molecule has 4 aromatic heterocycles. The largest absolute Gasteiger partial charge is 0.490 e. The number of hydrogen-bond acceptors (Lipinski definition) is 8. The number of ether oxygens (including phenoxy) is 2. The van der Waals surface area contributed by atoms with E-state index in [1.807, 2.05) is 11.4 Å². The molecule has 0 unspecified atom stereocenters. The van der Waals surface area contributed by atoms with E-state index in [-0.39, 0.29) is 36.0 Å². The second-order valence-corrected chi connectivity index (χ2v) is 11.5. The summed E-state index contributed by atoms with van der Waals surface area (Å²) in [5.74, 6) is -1.28. The van der Waals surface area contributed by atoms with Gasteiger partial charge in [-0.25, -0.2) is 13.8 Å². The van der Waals surface area contributed by atoms with Crippen molar-refractivity contribution < 1.29 is 23.0 Å². The summed E-state index contributed by atoms with van der Waals surface area (Å²) in [6.45, 7) is 6.67. The predicted octanol–water partition coefficient (Wildman–Crippen LogP) is 5.27. The number of aromatic amines is 2. The summed E-state index contributed by atoms with van der Waals surface area (Å²) in [6.07, 6.45) is 3.54. The molecule has 13 heteroatoms. The van der Waals surface area contributed by atoms with Crippen LogP contribution in [0.4, 0.5) is 14.6 Å². The number of nitrogens with one attached hydrogen (secondary N) is 3. The van der Waals surface area contributed by atoms with Crippen molar-refractivity contribution in [3.63, 3.8) is 0 Å². The normalized spacial score (nSPS) is 13.5. The molecule has 1 amide bonds. The van der Waals surface area contributed by atoms with Gasteiger partial charge in [0.2, 0.25) is 11.5 Å². The van der Waals surface area contributed by atoms with Crippen LogP contribution in [0.1, 0.15) is 29.8 Å². The van der Waals surface area contributed by atoms with Crippen LogP contribution in [-0.4, -0.2) is 52.9 Å². The van der Waals surface area contributed by atoms with Gasteiger partial charge in [-0.1, -0.05) is 6.58 Å². The number of aromatic nitrogens is 4. The molecule has 0 spiro atoms. The van der Waals surface area contributed by atoms with E-state index in [0.717, 1.165) is 28.6 Å². The van der Waals surface area contributed by atoms with Gasteiger partial charge in [0.15, 0.2) is 0 Å². The highest BCUT2D eigenvalue weighted by atomic mass is 32.1. The van der Waals surface area contributed by atoms with Crippen LogP contribution in [0.5, 0.6) is 5.75 Å². The number of H-pyrrole nitrogens is 2. The summed E-state index contributed by atoms with van der Waals surface area (Å²) in [6, 6.07) is 6.81. The number of methoxy groups -OCH3 is 1. The van der Waals surface area contributed by atoms with Gasteiger partial charge in [0.05, 0.1) is 23.9 Å². The number of halogens is 2. The predicted molar refractivity (Wildman–Crippen MR) is 168 cm³/mol. The number of carbonyl (C=O) groups excluding carboxylic acids is 1. The maximum atomic E-state index is 15.9. The molecule has 0 fully saturated rings. The quantitative estimate of drug-likeness (QED) is 0.142. The fourth-order valence-corrected chi connectivity index (χ4v) is 6.43. The average molecular weight is 633 g/mol. The van der Waals surface area contributed by atoms with E-state index in [0.29, 0.717) is 52.7 Å². The van der Waals surface area contributed by atoms with Crippen LogP contribution in [0.25, 0.3) is 32.6 Å². The molecule has 0 saturated heterocycles. The summed E-state index contributed by atoms with van der Waals surface area (Å²) >= 11 is 1.40. The smallest absolute Gasteiger partial charge is 0.248 e. The number of pyridine rings is 2. The topological polar surface area (TPSA) is 125 Å². The van der Waals surface area contributed by atoms with Crippen LogP contribution < -0.4 is 20.5 Å². The number of amides is 1. The lowest BCUT2D eigenvalue weighted by molar-refractivity contribution is -0.117. The molecule has 0 bridgehead atoms. The van der Waals surface area contributed by atoms with Crippen LogP contribution in [0.15, 0.2) is 59.4 Å². The fraction of sp³-hybridized carbons (Fsp3) is 0.250. The Labute approximate surface area is 260 Å². The molecule has 1 aliphatic rings. The Morgan fingerprint density at radius 3 is 2.87 bits per heavy atom. The Morgan fingerprint density at radius 1 is 1.22 bits per heavy atom. The molecule has 0 radical (unpaired) electrons. The van der Waals surface area contributed by atoms with E-state index in [1.54, 1.807) is 25.3 Å². The Bertz CT molecular complexity index is 1970. The number of nitrogens with zero attached hydrogens (tertiary/aromatic N) is 3. The minimum atomic E-state index is -0.814. The molecule has 5 aromatic rings. The van der Waals surface area contributed by atoms with Crippen molar-refractivity contribution in [2.24, 2.45) is 0 Å². The van der Waals surface area contributed by atoms with Gasteiger partial charge >= 0.3 is 0 Å². The molecule has 10 nitrogen and oxygen atoms in total. The first kappa shape index (κ1) is 30.2. The number of carbonyl (C=O) groups is 1. The van der Waals surface area contributed by atoms with Crippen molar-refractivity contribution in [3.05, 3.63) is 93.4 Å². The Hall–Kier alpha value is -4.88. The Kier molecular flexibility index (Phi) is 8.46. The van der Waals surface area contributed by atoms with Crippen LogP contribution in [0.2, 0.25) is 0 Å². The number of benzene rings is 1. The van der Waals surface area contributed by atoms with E-state index in [4.69, 9.17) is 14.5 Å². The fourth-order valence-electron chi connectivity index (χ4n) is 5.48. The van der Waals surface area contributed by atoms with Gasteiger partial charge in [-0.15, -0.1) is 11.3 Å². The summed E-state index contributed by atoms with van der Waals surface area (Å²) < 4.78 is 42.1. The van der Waals surface area contributed by atoms with Gasteiger partial charge in [-0.05, 0) is 48.1 Å². The molecule has 45 heavy (non-hydrogen) atoms. The highest BCUT2D eigenvalue weighted by molar-refractivity contribution is 7.18. The second-order valence-electron chi connectivity index (χ2n) is 10.6. The molecule has 0 saturated carbocycles. The highest BCUT2D eigenvalue weighted by Crippen LogP contribution is 2.47. The third kappa shape index (κ3) is 5.96. The monoisotopic (exact) mass is 632 g/mol. The van der Waals surface area contributed by atoms with Gasteiger partial charge in [0.1, 0.15) is 41.2 Å². The third-order valence-electron chi connectivity index (χ3n) is 7.67. The lowest BCUT2D eigenvalue weighted by Gasteiger charge is -2.30. The minimum absolute atomic E-state index is 0.00766. The zero-order valence-electron chi connectivity index (χ0n) is 24.6. The molecule has 5 heterocycles. The van der Waals surface area contributed by atoms with Crippen molar-refractivity contribution in [2.45, 2.75) is 25.9 Å². The molecule has 1 aromatic carbocycles. The molecule has 6 rings (SSSR count). The lowest BCUT2D eigenvalue weighted by atomic mass is 9.97. The first-order chi connectivity index (χ1) is 21.8. The first-order valence-electron chi connectivity index (χ1n) is 14.2. The van der Waals surface area contributed by atoms with Gasteiger partial charge in [-0.2, -0.15) is 5.10 Å².